The van der Waals surface area contributed by atoms with E-state index in [-0.39, 0.29) is 51.7 Å². The van der Waals surface area contributed by atoms with Crippen LogP contribution in [0.3, 0.4) is 0 Å². The van der Waals surface area contributed by atoms with Gasteiger partial charge in [0, 0.05) is 29.0 Å². The fraction of sp³-hybridized carbons (Fsp3) is 0.214. The van der Waals surface area contributed by atoms with Gasteiger partial charge in [0.2, 0.25) is 17.6 Å². The third-order valence-electron chi connectivity index (χ3n) is 11.8. The lowest BCUT2D eigenvalue weighted by Gasteiger charge is -2.51. The first kappa shape index (κ1) is 37.7. The molecule has 16 heteroatoms. The standard InChI is InChI=1S/C42H25Cl2F5N2O7/c43-41-16-26-24(11-12-25-28(26)38(55)50(37(25)54)22-8-6-19(7-9-22)36(53)18-4-2-1-3-5-18)29(21-14-20-15-23(52)10-13-27(20)58-17-21)42(41,44)40(57)51(39(41)56)35-33(48)31(46)30(45)32(47)34(35)49/h1-11,13,15,17,25-26,28-29,52H,12,14,16H2/t25-,26+,28-,29-,41+,42-/m0/s1. The molecule has 5 aliphatic rings. The number of carbonyl (C=O) groups is 5. The van der Waals surface area contributed by atoms with Gasteiger partial charge in [-0.2, -0.15) is 0 Å². The number of aromatic hydroxyl groups is 1. The molecule has 2 saturated heterocycles. The first-order chi connectivity index (χ1) is 27.6. The van der Waals surface area contributed by atoms with Crippen molar-refractivity contribution < 1.29 is 55.8 Å². The minimum Gasteiger partial charge on any atom is -0.508 e. The molecule has 294 valence electrons. The summed E-state index contributed by atoms with van der Waals surface area (Å²) < 4.78 is 79.9. The van der Waals surface area contributed by atoms with Gasteiger partial charge in [-0.05, 0) is 66.8 Å². The van der Waals surface area contributed by atoms with Crippen LogP contribution in [0.5, 0.6) is 11.5 Å². The van der Waals surface area contributed by atoms with Crippen molar-refractivity contribution >= 4 is 64.0 Å². The number of halogens is 7. The van der Waals surface area contributed by atoms with Crippen LogP contribution in [0, 0.1) is 52.8 Å². The molecule has 0 radical (unpaired) electrons. The van der Waals surface area contributed by atoms with E-state index in [4.69, 9.17) is 27.9 Å². The third kappa shape index (κ3) is 5.03. The van der Waals surface area contributed by atoms with E-state index in [2.05, 4.69) is 0 Å². The van der Waals surface area contributed by atoms with E-state index in [1.165, 1.54) is 48.7 Å². The van der Waals surface area contributed by atoms with Crippen LogP contribution >= 0.6 is 23.2 Å². The molecule has 1 N–H and O–H groups in total. The lowest BCUT2D eigenvalue weighted by atomic mass is 9.56. The van der Waals surface area contributed by atoms with Crippen molar-refractivity contribution in [1.29, 1.82) is 0 Å². The zero-order valence-electron chi connectivity index (χ0n) is 29.5. The molecule has 2 aliphatic carbocycles. The molecule has 3 fully saturated rings. The van der Waals surface area contributed by atoms with Crippen molar-refractivity contribution in [2.45, 2.75) is 29.0 Å². The number of anilines is 2. The number of benzene rings is 4. The Morgan fingerprint density at radius 1 is 0.759 bits per heavy atom. The van der Waals surface area contributed by atoms with Gasteiger partial charge in [0.15, 0.2) is 38.8 Å². The second-order valence-electron chi connectivity index (χ2n) is 14.7. The van der Waals surface area contributed by atoms with Crippen molar-refractivity contribution in [3.63, 3.8) is 0 Å². The lowest BCUT2D eigenvalue weighted by Crippen LogP contribution is -2.61. The monoisotopic (exact) mass is 834 g/mol. The summed E-state index contributed by atoms with van der Waals surface area (Å²) in [6.07, 6.45) is 1.93. The molecule has 0 spiro atoms. The van der Waals surface area contributed by atoms with Crippen LogP contribution in [0.4, 0.5) is 33.3 Å². The Hall–Kier alpha value is -5.86. The normalized spacial score (nSPS) is 27.4. The van der Waals surface area contributed by atoms with E-state index in [0.29, 0.717) is 16.9 Å². The molecule has 0 bridgehead atoms. The smallest absolute Gasteiger partial charge is 0.258 e. The van der Waals surface area contributed by atoms with Gasteiger partial charge in [-0.3, -0.25) is 28.9 Å². The number of allylic oxidation sites excluding steroid dienone is 3. The zero-order chi connectivity index (χ0) is 41.2. The van der Waals surface area contributed by atoms with Gasteiger partial charge >= 0.3 is 0 Å². The lowest BCUT2D eigenvalue weighted by molar-refractivity contribution is -0.125. The Labute approximate surface area is 334 Å². The van der Waals surface area contributed by atoms with Gasteiger partial charge in [0.05, 0.1) is 23.8 Å². The van der Waals surface area contributed by atoms with Crippen LogP contribution < -0.4 is 14.5 Å². The molecule has 9 rings (SSSR count). The summed E-state index contributed by atoms with van der Waals surface area (Å²) in [6, 6.07) is 18.4. The van der Waals surface area contributed by atoms with Crippen molar-refractivity contribution in [3.05, 3.63) is 142 Å². The van der Waals surface area contributed by atoms with Gasteiger partial charge in [-0.15, -0.1) is 23.2 Å². The fourth-order valence-corrected chi connectivity index (χ4v) is 10.1. The molecule has 9 nitrogen and oxygen atoms in total. The number of rotatable bonds is 5. The number of hydrogen-bond acceptors (Lipinski definition) is 7. The molecule has 4 amide bonds. The molecule has 0 aromatic heterocycles. The molecule has 3 heterocycles. The number of nitrogens with zero attached hydrogens (tertiary/aromatic N) is 2. The molecule has 6 atom stereocenters. The first-order valence-corrected chi connectivity index (χ1v) is 18.6. The van der Waals surface area contributed by atoms with Crippen molar-refractivity contribution in [2.24, 2.45) is 23.7 Å². The van der Waals surface area contributed by atoms with E-state index < -0.39 is 98.2 Å². The highest BCUT2D eigenvalue weighted by atomic mass is 35.5. The largest absolute Gasteiger partial charge is 0.508 e. The molecule has 4 aromatic rings. The number of carbonyl (C=O) groups excluding carboxylic acids is 5. The minimum atomic E-state index is -2.73. The molecular weight excluding hydrogens is 810 g/mol. The summed E-state index contributed by atoms with van der Waals surface area (Å²) in [5.41, 5.74) is -0.254. The van der Waals surface area contributed by atoms with Gasteiger partial charge in [0.1, 0.15) is 17.2 Å². The molecule has 1 saturated carbocycles. The molecule has 4 aromatic carbocycles. The Balaban J connectivity index is 1.15. The quantitative estimate of drug-likeness (QED) is 0.0422. The van der Waals surface area contributed by atoms with Gasteiger partial charge in [-0.25, -0.2) is 26.9 Å². The topological polar surface area (TPSA) is 121 Å². The maximum absolute atomic E-state index is 15.4. The van der Waals surface area contributed by atoms with Crippen LogP contribution in [-0.2, 0) is 25.6 Å². The van der Waals surface area contributed by atoms with Crippen LogP contribution in [0.15, 0.2) is 96.3 Å². The summed E-state index contributed by atoms with van der Waals surface area (Å²) in [6.45, 7) is 0. The fourth-order valence-electron chi connectivity index (χ4n) is 9.15. The zero-order valence-corrected chi connectivity index (χ0v) is 31.0. The summed E-state index contributed by atoms with van der Waals surface area (Å²) in [5, 5.41) is 10.2. The van der Waals surface area contributed by atoms with Crippen LogP contribution in [-0.4, -0.2) is 44.3 Å². The van der Waals surface area contributed by atoms with Gasteiger partial charge in [-0.1, -0.05) is 42.0 Å². The Morgan fingerprint density at radius 2 is 1.40 bits per heavy atom. The van der Waals surface area contributed by atoms with Gasteiger partial charge in [0.25, 0.3) is 11.8 Å². The number of phenolic OH excluding ortho intramolecular Hbond substituents is 1. The number of imide groups is 2. The van der Waals surface area contributed by atoms with E-state index in [9.17, 15) is 42.3 Å². The van der Waals surface area contributed by atoms with Crippen LogP contribution in [0.25, 0.3) is 0 Å². The number of fused-ring (bicyclic) bond motifs is 5. The second-order valence-corrected chi connectivity index (χ2v) is 16.0. The third-order valence-corrected chi connectivity index (χ3v) is 13.2. The predicted molar refractivity (Wildman–Crippen MR) is 197 cm³/mol. The molecule has 0 unspecified atom stereocenters. The second kappa shape index (κ2) is 13.1. The maximum atomic E-state index is 15.4. The van der Waals surface area contributed by atoms with E-state index in [0.717, 1.165) is 4.90 Å². The summed E-state index contributed by atoms with van der Waals surface area (Å²) >= 11 is 14.5. The van der Waals surface area contributed by atoms with Crippen molar-refractivity contribution in [1.82, 2.24) is 0 Å². The highest BCUT2D eigenvalue weighted by Crippen LogP contribution is 2.65. The Bertz CT molecular complexity index is 2590. The minimum absolute atomic E-state index is 0.0735. The summed E-state index contributed by atoms with van der Waals surface area (Å²) in [4.78, 5) is 66.0. The SMILES string of the molecule is O=C(c1ccccc1)c1ccc(N2C(=O)[C@H]3[C@H](CC=C4[C@H](C5=COc6ccc(O)cc6C5)[C@]5(Cl)C(=O)N(c6c(F)c(F)c(F)c(F)c6F)C(=O)[C@]5(Cl)C[C@H]43)C2=O)cc1. The molecule has 3 aliphatic heterocycles. The van der Waals surface area contributed by atoms with Gasteiger partial charge < -0.3 is 9.84 Å². The van der Waals surface area contributed by atoms with Crippen molar-refractivity contribution in [3.8, 4) is 11.5 Å². The Morgan fingerprint density at radius 3 is 2.07 bits per heavy atom. The number of hydrogen-bond donors (Lipinski definition) is 1. The first-order valence-electron chi connectivity index (χ1n) is 17.8. The highest BCUT2D eigenvalue weighted by molar-refractivity contribution is 6.58. The molecule has 58 heavy (non-hydrogen) atoms. The number of ether oxygens (including phenoxy) is 1. The molecular formula is C42H25Cl2F5N2O7. The highest BCUT2D eigenvalue weighted by Gasteiger charge is 2.77. The van der Waals surface area contributed by atoms with Crippen molar-refractivity contribution in [2.75, 3.05) is 9.80 Å². The van der Waals surface area contributed by atoms with Crippen LogP contribution in [0.1, 0.15) is 34.3 Å². The Kier molecular flexibility index (Phi) is 8.50. The average Bonchev–Trinajstić information content (AvgIpc) is 3.56. The number of phenols is 1. The number of alkyl halides is 2. The summed E-state index contributed by atoms with van der Waals surface area (Å²) in [7, 11) is 0. The van der Waals surface area contributed by atoms with E-state index in [1.807, 2.05) is 0 Å². The maximum Gasteiger partial charge on any atom is 0.258 e. The average molecular weight is 836 g/mol. The van der Waals surface area contributed by atoms with E-state index >= 15 is 8.78 Å². The number of ketones is 1. The van der Waals surface area contributed by atoms with Crippen LogP contribution in [0.2, 0.25) is 0 Å². The van der Waals surface area contributed by atoms with E-state index in [1.54, 1.807) is 36.4 Å². The number of amides is 4. The predicted octanol–water partition coefficient (Wildman–Crippen LogP) is 7.44. The summed E-state index contributed by atoms with van der Waals surface area (Å²) in [5.74, 6) is -22.0.